The summed E-state index contributed by atoms with van der Waals surface area (Å²) in [7, 11) is 0. The van der Waals surface area contributed by atoms with Crippen molar-refractivity contribution in [2.45, 2.75) is 58.2 Å². The van der Waals surface area contributed by atoms with Crippen LogP contribution in [0.3, 0.4) is 0 Å². The molecule has 1 aromatic carbocycles. The fraction of sp³-hybridized carbons (Fsp3) is 0.647. The maximum Gasteiger partial charge on any atom is 0.123 e. The van der Waals surface area contributed by atoms with Crippen LogP contribution in [-0.4, -0.2) is 0 Å². The van der Waals surface area contributed by atoms with Crippen LogP contribution in [0.2, 0.25) is 0 Å². The van der Waals surface area contributed by atoms with E-state index in [-0.39, 0.29) is 5.82 Å². The van der Waals surface area contributed by atoms with Gasteiger partial charge in [-0.2, -0.15) is 0 Å². The molecule has 1 aromatic rings. The normalized spacial score (nSPS) is 24.2. The Morgan fingerprint density at radius 3 is 2.32 bits per heavy atom. The Labute approximate surface area is 124 Å². The number of rotatable bonds is 2. The summed E-state index contributed by atoms with van der Waals surface area (Å²) in [6.45, 7) is 8.80. The van der Waals surface area contributed by atoms with Gasteiger partial charge in [0.05, 0.1) is 0 Å². The fourth-order valence-electron chi connectivity index (χ4n) is 3.62. The SMILES string of the molecule is Cc1cc(F)cc(C)c1C(Br)C1CCCCC1(C)C. The molecular formula is C17H24BrF. The van der Waals surface area contributed by atoms with Crippen LogP contribution >= 0.6 is 15.9 Å². The Kier molecular flexibility index (Phi) is 4.39. The zero-order valence-electron chi connectivity index (χ0n) is 12.4. The predicted molar refractivity (Wildman–Crippen MR) is 83.3 cm³/mol. The molecule has 1 aliphatic rings. The maximum absolute atomic E-state index is 13.5. The molecule has 2 atom stereocenters. The second kappa shape index (κ2) is 5.55. The molecule has 1 aliphatic carbocycles. The molecule has 0 bridgehead atoms. The van der Waals surface area contributed by atoms with E-state index >= 15 is 0 Å². The quantitative estimate of drug-likeness (QED) is 0.576. The van der Waals surface area contributed by atoms with Crippen LogP contribution < -0.4 is 0 Å². The molecule has 0 aromatic heterocycles. The van der Waals surface area contributed by atoms with Crippen LogP contribution in [0.1, 0.15) is 61.0 Å². The Morgan fingerprint density at radius 1 is 1.21 bits per heavy atom. The van der Waals surface area contributed by atoms with Crippen molar-refractivity contribution in [1.82, 2.24) is 0 Å². The Hall–Kier alpha value is -0.370. The zero-order chi connectivity index (χ0) is 14.2. The van der Waals surface area contributed by atoms with Crippen LogP contribution in [-0.2, 0) is 0 Å². The molecule has 1 saturated carbocycles. The summed E-state index contributed by atoms with van der Waals surface area (Å²) < 4.78 is 13.5. The fourth-order valence-corrected chi connectivity index (χ4v) is 5.32. The van der Waals surface area contributed by atoms with E-state index in [1.54, 1.807) is 12.1 Å². The summed E-state index contributed by atoms with van der Waals surface area (Å²) >= 11 is 3.93. The van der Waals surface area contributed by atoms with Crippen LogP contribution in [0, 0.1) is 31.0 Å². The summed E-state index contributed by atoms with van der Waals surface area (Å²) in [5, 5.41) is 0. The number of aryl methyl sites for hydroxylation is 2. The first-order valence-electron chi connectivity index (χ1n) is 7.23. The first kappa shape index (κ1) is 15.0. The molecule has 0 N–H and O–H groups in total. The molecule has 0 saturated heterocycles. The third-order valence-corrected chi connectivity index (χ3v) is 5.87. The van der Waals surface area contributed by atoms with E-state index in [2.05, 4.69) is 29.8 Å². The van der Waals surface area contributed by atoms with Gasteiger partial charge in [-0.15, -0.1) is 0 Å². The average molecular weight is 327 g/mol. The van der Waals surface area contributed by atoms with Crippen molar-refractivity contribution in [1.29, 1.82) is 0 Å². The second-order valence-corrected chi connectivity index (χ2v) is 7.68. The summed E-state index contributed by atoms with van der Waals surface area (Å²) in [4.78, 5) is 0.336. The van der Waals surface area contributed by atoms with Gasteiger partial charge < -0.3 is 0 Å². The number of hydrogen-bond acceptors (Lipinski definition) is 0. The molecule has 2 heteroatoms. The average Bonchev–Trinajstić information content (AvgIpc) is 2.26. The number of alkyl halides is 1. The van der Waals surface area contributed by atoms with E-state index in [0.717, 1.165) is 11.1 Å². The monoisotopic (exact) mass is 326 g/mol. The molecular weight excluding hydrogens is 303 g/mol. The van der Waals surface area contributed by atoms with E-state index in [9.17, 15) is 4.39 Å². The molecule has 2 rings (SSSR count). The number of hydrogen-bond donors (Lipinski definition) is 0. The van der Waals surface area contributed by atoms with Gasteiger partial charge >= 0.3 is 0 Å². The molecule has 0 amide bonds. The Morgan fingerprint density at radius 2 is 1.79 bits per heavy atom. The van der Waals surface area contributed by atoms with Crippen LogP contribution in [0.5, 0.6) is 0 Å². The standard InChI is InChI=1S/C17H24BrF/c1-11-9-13(19)10-12(2)15(11)16(18)14-7-5-6-8-17(14,3)4/h9-10,14,16H,5-8H2,1-4H3. The molecule has 0 spiro atoms. The minimum Gasteiger partial charge on any atom is -0.207 e. The zero-order valence-corrected chi connectivity index (χ0v) is 14.0. The van der Waals surface area contributed by atoms with Crippen molar-refractivity contribution in [3.05, 3.63) is 34.6 Å². The van der Waals surface area contributed by atoms with Gasteiger partial charge in [-0.05, 0) is 66.8 Å². The van der Waals surface area contributed by atoms with Crippen molar-refractivity contribution < 1.29 is 4.39 Å². The summed E-state index contributed by atoms with van der Waals surface area (Å²) in [6.07, 6.45) is 5.21. The van der Waals surface area contributed by atoms with Crippen molar-refractivity contribution in [2.75, 3.05) is 0 Å². The topological polar surface area (TPSA) is 0 Å². The lowest BCUT2D eigenvalue weighted by Gasteiger charge is -2.42. The van der Waals surface area contributed by atoms with Crippen molar-refractivity contribution in [3.63, 3.8) is 0 Å². The third kappa shape index (κ3) is 3.04. The molecule has 0 heterocycles. The Balaban J connectivity index is 2.36. The molecule has 19 heavy (non-hydrogen) atoms. The third-order valence-electron chi connectivity index (χ3n) is 4.78. The molecule has 0 aliphatic heterocycles. The van der Waals surface area contributed by atoms with Gasteiger partial charge in [-0.25, -0.2) is 4.39 Å². The van der Waals surface area contributed by atoms with Crippen LogP contribution in [0.15, 0.2) is 12.1 Å². The highest BCUT2D eigenvalue weighted by atomic mass is 79.9. The first-order valence-corrected chi connectivity index (χ1v) is 8.15. The van der Waals surface area contributed by atoms with Gasteiger partial charge in [0, 0.05) is 4.83 Å². The largest absolute Gasteiger partial charge is 0.207 e. The minimum atomic E-state index is -0.124. The first-order chi connectivity index (χ1) is 8.83. The summed E-state index contributed by atoms with van der Waals surface area (Å²) in [5.41, 5.74) is 3.79. The molecule has 0 nitrogen and oxygen atoms in total. The van der Waals surface area contributed by atoms with Gasteiger partial charge in [-0.3, -0.25) is 0 Å². The van der Waals surface area contributed by atoms with Gasteiger partial charge in [0.1, 0.15) is 5.82 Å². The van der Waals surface area contributed by atoms with Crippen molar-refractivity contribution in [3.8, 4) is 0 Å². The maximum atomic E-state index is 13.5. The van der Waals surface area contributed by atoms with Gasteiger partial charge in [0.25, 0.3) is 0 Å². The molecule has 106 valence electrons. The van der Waals surface area contributed by atoms with Gasteiger partial charge in [0.15, 0.2) is 0 Å². The highest BCUT2D eigenvalue weighted by Gasteiger charge is 2.37. The van der Waals surface area contributed by atoms with Crippen LogP contribution in [0.25, 0.3) is 0 Å². The smallest absolute Gasteiger partial charge is 0.123 e. The lowest BCUT2D eigenvalue weighted by Crippen LogP contribution is -2.31. The van der Waals surface area contributed by atoms with Gasteiger partial charge in [0.2, 0.25) is 0 Å². The minimum absolute atomic E-state index is 0.124. The van der Waals surface area contributed by atoms with E-state index in [1.807, 2.05) is 13.8 Å². The van der Waals surface area contributed by atoms with E-state index in [1.165, 1.54) is 31.2 Å². The molecule has 2 unspecified atom stereocenters. The molecule has 1 fully saturated rings. The van der Waals surface area contributed by atoms with Gasteiger partial charge in [-0.1, -0.05) is 42.6 Å². The Bertz CT molecular complexity index is 441. The number of halogens is 2. The lowest BCUT2D eigenvalue weighted by molar-refractivity contribution is 0.136. The number of benzene rings is 1. The van der Waals surface area contributed by atoms with E-state index in [4.69, 9.17) is 0 Å². The van der Waals surface area contributed by atoms with E-state index in [0.29, 0.717) is 16.2 Å². The van der Waals surface area contributed by atoms with Crippen molar-refractivity contribution in [2.24, 2.45) is 11.3 Å². The highest BCUT2D eigenvalue weighted by molar-refractivity contribution is 9.09. The predicted octanol–water partition coefficient (Wildman–Crippen LogP) is 6.09. The second-order valence-electron chi connectivity index (χ2n) is 6.70. The lowest BCUT2D eigenvalue weighted by atomic mass is 9.66. The van der Waals surface area contributed by atoms with Crippen LogP contribution in [0.4, 0.5) is 4.39 Å². The molecule has 0 radical (unpaired) electrons. The highest BCUT2D eigenvalue weighted by Crippen LogP contribution is 2.51. The van der Waals surface area contributed by atoms with E-state index < -0.39 is 0 Å². The summed E-state index contributed by atoms with van der Waals surface area (Å²) in [5.74, 6) is 0.505. The summed E-state index contributed by atoms with van der Waals surface area (Å²) in [6, 6.07) is 3.32. The van der Waals surface area contributed by atoms with Crippen molar-refractivity contribution >= 4 is 15.9 Å².